The molecule has 1 aromatic carbocycles. The minimum atomic E-state index is -0.727. The van der Waals surface area contributed by atoms with Crippen LogP contribution in [0.2, 0.25) is 0 Å². The predicted octanol–water partition coefficient (Wildman–Crippen LogP) is 0.403. The zero-order valence-corrected chi connectivity index (χ0v) is 11.5. The fraction of sp³-hybridized carbons (Fsp3) is 0.0714. The molecule has 5 N–H and O–H groups in total. The number of nitrogen functional groups attached to an aromatic ring is 2. The number of nitrogens with two attached hydrogens (primary N) is 2. The first-order valence-electron chi connectivity index (χ1n) is 6.18. The van der Waals surface area contributed by atoms with Gasteiger partial charge in [0.05, 0.1) is 12.5 Å². The van der Waals surface area contributed by atoms with Crippen molar-refractivity contribution in [2.75, 3.05) is 18.7 Å². The number of nitrogens with one attached hydrogen (secondary N) is 1. The predicted molar refractivity (Wildman–Crippen MR) is 79.7 cm³/mol. The third-order valence-corrected chi connectivity index (χ3v) is 3.46. The molecule has 0 unspecified atom stereocenters. The first-order chi connectivity index (χ1) is 10.5. The van der Waals surface area contributed by atoms with Gasteiger partial charge < -0.3 is 20.7 Å². The minimum Gasteiger partial charge on any atom is -0.497 e. The summed E-state index contributed by atoms with van der Waals surface area (Å²) in [5.74, 6) is 5.95. The molecule has 0 saturated heterocycles. The van der Waals surface area contributed by atoms with Crippen LogP contribution in [-0.4, -0.2) is 11.8 Å². The van der Waals surface area contributed by atoms with Gasteiger partial charge in [-0.05, 0) is 12.1 Å². The van der Waals surface area contributed by atoms with E-state index in [9.17, 15) is 10.1 Å². The highest BCUT2D eigenvalue weighted by Gasteiger charge is 2.19. The summed E-state index contributed by atoms with van der Waals surface area (Å²) in [5.41, 5.74) is 4.92. The van der Waals surface area contributed by atoms with Crippen LogP contribution in [0.5, 0.6) is 5.75 Å². The maximum atomic E-state index is 12.1. The first-order valence-corrected chi connectivity index (χ1v) is 6.18. The number of benzene rings is 1. The van der Waals surface area contributed by atoms with Crippen LogP contribution in [-0.2, 0) is 0 Å². The highest BCUT2D eigenvalue weighted by Crippen LogP contribution is 2.29. The van der Waals surface area contributed by atoms with E-state index in [1.165, 1.54) is 7.11 Å². The molecule has 22 heavy (non-hydrogen) atoms. The number of hydrogen-bond acceptors (Lipinski definition) is 7. The van der Waals surface area contributed by atoms with E-state index in [0.29, 0.717) is 21.4 Å². The second-order valence-corrected chi connectivity index (χ2v) is 4.59. The van der Waals surface area contributed by atoms with Gasteiger partial charge in [-0.15, -0.1) is 0 Å². The maximum absolute atomic E-state index is 12.1. The Hall–Kier alpha value is -3.47. The molecule has 0 saturated carbocycles. The molecule has 2 aromatic heterocycles. The number of pyridine rings is 1. The second kappa shape index (κ2) is 4.53. The van der Waals surface area contributed by atoms with E-state index in [4.69, 9.17) is 26.1 Å². The average Bonchev–Trinajstić information content (AvgIpc) is 2.52. The maximum Gasteiger partial charge on any atom is 0.289 e. The van der Waals surface area contributed by atoms with Crippen molar-refractivity contribution in [2.45, 2.75) is 0 Å². The van der Waals surface area contributed by atoms with Gasteiger partial charge in [-0.1, -0.05) is 0 Å². The fourth-order valence-corrected chi connectivity index (χ4v) is 2.39. The zero-order valence-electron chi connectivity index (χ0n) is 11.5. The summed E-state index contributed by atoms with van der Waals surface area (Å²) in [6.07, 6.45) is 0. The van der Waals surface area contributed by atoms with Crippen molar-refractivity contribution in [3.05, 3.63) is 39.7 Å². The summed E-state index contributed by atoms with van der Waals surface area (Å²) in [4.78, 5) is 12.1. The van der Waals surface area contributed by atoms with Crippen LogP contribution in [0.3, 0.4) is 0 Å². The van der Waals surface area contributed by atoms with Crippen LogP contribution in [0.4, 0.5) is 5.82 Å². The standard InChI is InChI=1S/C14H11N5O3/c1-21-6-2-3-7-9(4-6)22-13(17)11-10(7)8(5-15)14(20)19(18)12(11)16/h2-4,17H,16,18H2,1H3. The number of nitriles is 1. The molecule has 0 fully saturated rings. The number of anilines is 1. The quantitative estimate of drug-likeness (QED) is 0.438. The summed E-state index contributed by atoms with van der Waals surface area (Å²) in [7, 11) is 1.50. The Morgan fingerprint density at radius 1 is 1.41 bits per heavy atom. The lowest BCUT2D eigenvalue weighted by atomic mass is 10.0. The van der Waals surface area contributed by atoms with Crippen LogP contribution < -0.4 is 27.4 Å². The fourth-order valence-electron chi connectivity index (χ4n) is 2.39. The van der Waals surface area contributed by atoms with Crippen molar-refractivity contribution in [3.8, 4) is 11.8 Å². The molecule has 0 atom stereocenters. The zero-order chi connectivity index (χ0) is 16.0. The lowest BCUT2D eigenvalue weighted by Gasteiger charge is -2.11. The van der Waals surface area contributed by atoms with Gasteiger partial charge in [0, 0.05) is 16.8 Å². The second-order valence-electron chi connectivity index (χ2n) is 4.59. The van der Waals surface area contributed by atoms with E-state index in [1.807, 2.05) is 6.07 Å². The number of ether oxygens (including phenoxy) is 1. The van der Waals surface area contributed by atoms with Gasteiger partial charge in [0.15, 0.2) is 0 Å². The Kier molecular flexibility index (Phi) is 2.78. The van der Waals surface area contributed by atoms with Crippen molar-refractivity contribution >= 4 is 27.6 Å². The average molecular weight is 297 g/mol. The molecule has 8 heteroatoms. The molecule has 2 heterocycles. The van der Waals surface area contributed by atoms with Crippen LogP contribution >= 0.6 is 0 Å². The highest BCUT2D eigenvalue weighted by atomic mass is 16.5. The lowest BCUT2D eigenvalue weighted by Crippen LogP contribution is -2.32. The number of hydrogen-bond donors (Lipinski definition) is 3. The molecule has 0 aliphatic rings. The molecule has 0 aliphatic carbocycles. The molecule has 0 spiro atoms. The van der Waals surface area contributed by atoms with Crippen molar-refractivity contribution in [2.24, 2.45) is 0 Å². The topological polar surface area (TPSA) is 144 Å². The van der Waals surface area contributed by atoms with E-state index in [2.05, 4.69) is 0 Å². The number of nitrogens with zero attached hydrogens (tertiary/aromatic N) is 2. The van der Waals surface area contributed by atoms with E-state index in [-0.39, 0.29) is 27.7 Å². The largest absolute Gasteiger partial charge is 0.497 e. The normalized spacial score (nSPS) is 10.7. The summed E-state index contributed by atoms with van der Waals surface area (Å²) in [6.45, 7) is 0. The van der Waals surface area contributed by atoms with Crippen LogP contribution in [0, 0.1) is 16.7 Å². The lowest BCUT2D eigenvalue weighted by molar-refractivity contribution is 0.414. The van der Waals surface area contributed by atoms with Crippen molar-refractivity contribution in [1.29, 1.82) is 10.7 Å². The Labute approximate surface area is 123 Å². The van der Waals surface area contributed by atoms with Crippen LogP contribution in [0.25, 0.3) is 21.7 Å². The third kappa shape index (κ3) is 1.63. The summed E-state index contributed by atoms with van der Waals surface area (Å²) < 4.78 is 11.2. The summed E-state index contributed by atoms with van der Waals surface area (Å²) in [5, 5.41) is 18.1. The Bertz CT molecular complexity index is 1090. The summed E-state index contributed by atoms with van der Waals surface area (Å²) in [6, 6.07) is 6.69. The van der Waals surface area contributed by atoms with Gasteiger partial charge >= 0.3 is 0 Å². The molecular weight excluding hydrogens is 286 g/mol. The Morgan fingerprint density at radius 3 is 2.77 bits per heavy atom. The van der Waals surface area contributed by atoms with Crippen LogP contribution in [0.1, 0.15) is 5.56 Å². The van der Waals surface area contributed by atoms with Crippen LogP contribution in [0.15, 0.2) is 27.4 Å². The van der Waals surface area contributed by atoms with Gasteiger partial charge in [0.1, 0.15) is 28.8 Å². The van der Waals surface area contributed by atoms with E-state index in [1.54, 1.807) is 18.2 Å². The monoisotopic (exact) mass is 297 g/mol. The van der Waals surface area contributed by atoms with Gasteiger partial charge in [-0.25, -0.2) is 4.68 Å². The number of methoxy groups -OCH3 is 1. The highest BCUT2D eigenvalue weighted by molar-refractivity contribution is 6.10. The van der Waals surface area contributed by atoms with E-state index in [0.717, 1.165) is 0 Å². The minimum absolute atomic E-state index is 0.122. The molecule has 0 aliphatic heterocycles. The van der Waals surface area contributed by atoms with Gasteiger partial charge in [-0.3, -0.25) is 10.2 Å². The van der Waals surface area contributed by atoms with Crippen molar-refractivity contribution < 1.29 is 9.15 Å². The Morgan fingerprint density at radius 2 is 2.14 bits per heavy atom. The third-order valence-electron chi connectivity index (χ3n) is 3.46. The van der Waals surface area contributed by atoms with E-state index >= 15 is 0 Å². The molecule has 0 bridgehead atoms. The SMILES string of the molecule is COc1ccc2c(c1)oc(=N)c1c(N)n(N)c(=O)c(C#N)c12. The molecule has 0 amide bonds. The van der Waals surface area contributed by atoms with Crippen molar-refractivity contribution in [3.63, 3.8) is 0 Å². The van der Waals surface area contributed by atoms with Gasteiger partial charge in [-0.2, -0.15) is 5.26 Å². The molecular formula is C14H11N5O3. The van der Waals surface area contributed by atoms with E-state index < -0.39 is 5.56 Å². The summed E-state index contributed by atoms with van der Waals surface area (Å²) >= 11 is 0. The molecule has 3 rings (SSSR count). The molecule has 0 radical (unpaired) electrons. The van der Waals surface area contributed by atoms with Crippen molar-refractivity contribution in [1.82, 2.24) is 4.68 Å². The molecule has 3 aromatic rings. The van der Waals surface area contributed by atoms with Gasteiger partial charge in [0.2, 0.25) is 5.55 Å². The Balaban J connectivity index is 2.72. The first kappa shape index (κ1) is 13.5. The molecule has 110 valence electrons. The smallest absolute Gasteiger partial charge is 0.289 e. The van der Waals surface area contributed by atoms with Gasteiger partial charge in [0.25, 0.3) is 5.56 Å². The number of fused-ring (bicyclic) bond motifs is 3. The number of aromatic nitrogens is 1. The molecule has 8 nitrogen and oxygen atoms in total. The number of rotatable bonds is 1.